The fraction of sp³-hybridized carbons (Fsp3) is 0.391. The molecular weight excluding hydrogens is 384 g/mol. The van der Waals surface area contributed by atoms with Crippen molar-refractivity contribution in [2.24, 2.45) is 0 Å². The number of hydrogen-bond acceptors (Lipinski definition) is 5. The van der Waals surface area contributed by atoms with Gasteiger partial charge in [0.25, 0.3) is 5.91 Å². The fourth-order valence-electron chi connectivity index (χ4n) is 3.71. The summed E-state index contributed by atoms with van der Waals surface area (Å²) in [6, 6.07) is 13.7. The molecule has 0 radical (unpaired) electrons. The molecule has 29 heavy (non-hydrogen) atoms. The number of carbonyl (C=O) groups excluding carboxylic acids is 1. The van der Waals surface area contributed by atoms with E-state index in [2.05, 4.69) is 13.0 Å². The van der Waals surface area contributed by atoms with Crippen LogP contribution in [0.15, 0.2) is 42.5 Å². The third-order valence-corrected chi connectivity index (χ3v) is 6.20. The van der Waals surface area contributed by atoms with Crippen LogP contribution in [-0.2, 0) is 0 Å². The Kier molecular flexibility index (Phi) is 6.00. The molecule has 0 N–H and O–H groups in total. The predicted molar refractivity (Wildman–Crippen MR) is 116 cm³/mol. The summed E-state index contributed by atoms with van der Waals surface area (Å²) in [6.45, 7) is 5.89. The lowest BCUT2D eigenvalue weighted by Crippen LogP contribution is -2.30. The first-order valence-corrected chi connectivity index (χ1v) is 11.1. The zero-order valence-electron chi connectivity index (χ0n) is 16.9. The van der Waals surface area contributed by atoms with Crippen molar-refractivity contribution in [1.29, 1.82) is 0 Å². The summed E-state index contributed by atoms with van der Waals surface area (Å²) >= 11 is 1.68. The van der Waals surface area contributed by atoms with Crippen LogP contribution in [0.25, 0.3) is 10.2 Å². The van der Waals surface area contributed by atoms with Crippen molar-refractivity contribution >= 4 is 27.5 Å². The Morgan fingerprint density at radius 1 is 1.17 bits per heavy atom. The molecule has 1 atom stereocenters. The van der Waals surface area contributed by atoms with E-state index in [1.54, 1.807) is 11.3 Å². The van der Waals surface area contributed by atoms with E-state index in [4.69, 9.17) is 14.5 Å². The first-order valence-electron chi connectivity index (χ1n) is 10.3. The molecule has 1 fully saturated rings. The highest BCUT2D eigenvalue weighted by molar-refractivity contribution is 7.18. The maximum Gasteiger partial charge on any atom is 0.254 e. The normalized spacial score (nSPS) is 16.3. The van der Waals surface area contributed by atoms with E-state index in [0.29, 0.717) is 30.3 Å². The van der Waals surface area contributed by atoms with Crippen LogP contribution in [0.2, 0.25) is 0 Å². The fourth-order valence-corrected chi connectivity index (χ4v) is 4.82. The number of rotatable bonds is 7. The minimum absolute atomic E-state index is 0.0229. The zero-order valence-corrected chi connectivity index (χ0v) is 17.7. The zero-order chi connectivity index (χ0) is 20.2. The van der Waals surface area contributed by atoms with Gasteiger partial charge in [0.05, 0.1) is 29.5 Å². The molecule has 2 aromatic carbocycles. The molecule has 4 rings (SSSR count). The second-order valence-corrected chi connectivity index (χ2v) is 8.18. The minimum Gasteiger partial charge on any atom is -0.490 e. The van der Waals surface area contributed by atoms with Gasteiger partial charge in [0.15, 0.2) is 11.5 Å². The van der Waals surface area contributed by atoms with Crippen molar-refractivity contribution in [3.05, 3.63) is 53.0 Å². The van der Waals surface area contributed by atoms with Crippen LogP contribution in [0.4, 0.5) is 0 Å². The summed E-state index contributed by atoms with van der Waals surface area (Å²) in [4.78, 5) is 20.1. The average Bonchev–Trinajstić information content (AvgIpc) is 3.39. The van der Waals surface area contributed by atoms with Gasteiger partial charge in [0.2, 0.25) is 0 Å². The number of aromatic nitrogens is 1. The molecule has 1 saturated heterocycles. The Hall–Kier alpha value is -2.60. The maximum absolute atomic E-state index is 13.3. The average molecular weight is 411 g/mol. The molecule has 1 aliphatic heterocycles. The quantitative estimate of drug-likeness (QED) is 0.519. The smallest absolute Gasteiger partial charge is 0.254 e. The van der Waals surface area contributed by atoms with Crippen LogP contribution in [0.5, 0.6) is 11.5 Å². The lowest BCUT2D eigenvalue weighted by Gasteiger charge is -2.23. The van der Waals surface area contributed by atoms with Gasteiger partial charge in [-0.25, -0.2) is 4.98 Å². The van der Waals surface area contributed by atoms with Crippen LogP contribution in [0, 0.1) is 0 Å². The Morgan fingerprint density at radius 3 is 2.83 bits per heavy atom. The molecule has 0 saturated carbocycles. The molecule has 2 heterocycles. The summed E-state index contributed by atoms with van der Waals surface area (Å²) in [5.74, 6) is 1.34. The van der Waals surface area contributed by atoms with Gasteiger partial charge in [-0.2, -0.15) is 0 Å². The van der Waals surface area contributed by atoms with Crippen LogP contribution in [0.3, 0.4) is 0 Å². The molecule has 5 nitrogen and oxygen atoms in total. The van der Waals surface area contributed by atoms with Gasteiger partial charge >= 0.3 is 0 Å². The van der Waals surface area contributed by atoms with Gasteiger partial charge in [0, 0.05) is 12.1 Å². The lowest BCUT2D eigenvalue weighted by atomic mass is 10.1. The largest absolute Gasteiger partial charge is 0.490 e. The third kappa shape index (κ3) is 4.08. The maximum atomic E-state index is 13.3. The van der Waals surface area contributed by atoms with E-state index < -0.39 is 0 Å². The molecule has 0 spiro atoms. The topological polar surface area (TPSA) is 51.7 Å². The Bertz CT molecular complexity index is 968. The number of para-hydroxylation sites is 1. The highest BCUT2D eigenvalue weighted by Crippen LogP contribution is 2.38. The Labute approximate surface area is 175 Å². The van der Waals surface area contributed by atoms with Crippen molar-refractivity contribution in [3.63, 3.8) is 0 Å². The predicted octanol–water partition coefficient (Wildman–Crippen LogP) is 5.46. The van der Waals surface area contributed by atoms with Crippen molar-refractivity contribution in [1.82, 2.24) is 9.88 Å². The van der Waals surface area contributed by atoms with E-state index >= 15 is 0 Å². The van der Waals surface area contributed by atoms with E-state index in [1.807, 2.05) is 48.2 Å². The van der Waals surface area contributed by atoms with Crippen LogP contribution < -0.4 is 9.47 Å². The van der Waals surface area contributed by atoms with E-state index in [-0.39, 0.29) is 11.9 Å². The Morgan fingerprint density at radius 2 is 2.03 bits per heavy atom. The van der Waals surface area contributed by atoms with Gasteiger partial charge in [0.1, 0.15) is 5.01 Å². The number of benzene rings is 2. The molecule has 1 unspecified atom stereocenters. The van der Waals surface area contributed by atoms with Crippen LogP contribution in [0.1, 0.15) is 54.5 Å². The number of nitrogens with zero attached hydrogens (tertiary/aromatic N) is 2. The molecule has 1 amide bonds. The molecule has 1 aliphatic rings. The summed E-state index contributed by atoms with van der Waals surface area (Å²) < 4.78 is 12.7. The Balaban J connectivity index is 1.59. The van der Waals surface area contributed by atoms with Gasteiger partial charge in [-0.05, 0) is 56.5 Å². The summed E-state index contributed by atoms with van der Waals surface area (Å²) in [5.41, 5.74) is 1.63. The highest BCUT2D eigenvalue weighted by Gasteiger charge is 2.33. The number of amides is 1. The SMILES string of the molecule is CCCOc1ccc(C(=O)N2CCCC2c2nc3ccccc3s2)cc1OCC. The van der Waals surface area contributed by atoms with Crippen molar-refractivity contribution in [3.8, 4) is 11.5 Å². The van der Waals surface area contributed by atoms with E-state index in [1.165, 1.54) is 0 Å². The van der Waals surface area contributed by atoms with Gasteiger partial charge < -0.3 is 14.4 Å². The molecule has 3 aromatic rings. The number of thiazole rings is 1. The van der Waals surface area contributed by atoms with Gasteiger partial charge in [-0.1, -0.05) is 19.1 Å². The van der Waals surface area contributed by atoms with Crippen LogP contribution >= 0.6 is 11.3 Å². The third-order valence-electron chi connectivity index (χ3n) is 5.06. The second kappa shape index (κ2) is 8.82. The standard InChI is InChI=1S/C23H26N2O3S/c1-3-14-28-19-12-11-16(15-20(19)27-4-2)23(26)25-13-7-9-18(25)22-24-17-8-5-6-10-21(17)29-22/h5-6,8,10-12,15,18H,3-4,7,9,13-14H2,1-2H3. The minimum atomic E-state index is 0.0229. The van der Waals surface area contributed by atoms with Gasteiger partial charge in [-0.3, -0.25) is 4.79 Å². The van der Waals surface area contributed by atoms with Crippen molar-refractivity contribution in [2.45, 2.75) is 39.2 Å². The summed E-state index contributed by atoms with van der Waals surface area (Å²) in [5, 5.41) is 1.02. The number of ether oxygens (including phenoxy) is 2. The second-order valence-electron chi connectivity index (χ2n) is 7.12. The molecule has 0 aliphatic carbocycles. The van der Waals surface area contributed by atoms with Crippen molar-refractivity contribution in [2.75, 3.05) is 19.8 Å². The van der Waals surface area contributed by atoms with Gasteiger partial charge in [-0.15, -0.1) is 11.3 Å². The molecule has 0 bridgehead atoms. The number of hydrogen-bond donors (Lipinski definition) is 0. The van der Waals surface area contributed by atoms with E-state index in [0.717, 1.165) is 41.0 Å². The number of fused-ring (bicyclic) bond motifs is 1. The lowest BCUT2D eigenvalue weighted by molar-refractivity contribution is 0.0735. The van der Waals surface area contributed by atoms with E-state index in [9.17, 15) is 4.79 Å². The molecule has 6 heteroatoms. The van der Waals surface area contributed by atoms with Crippen molar-refractivity contribution < 1.29 is 14.3 Å². The molecule has 1 aromatic heterocycles. The first-order chi connectivity index (χ1) is 14.2. The number of carbonyl (C=O) groups is 1. The molecular formula is C23H26N2O3S. The highest BCUT2D eigenvalue weighted by atomic mass is 32.1. The molecule has 152 valence electrons. The summed E-state index contributed by atoms with van der Waals surface area (Å²) in [7, 11) is 0. The first kappa shape index (κ1) is 19.7. The van der Waals surface area contributed by atoms with Crippen LogP contribution in [-0.4, -0.2) is 35.5 Å². The summed E-state index contributed by atoms with van der Waals surface area (Å²) in [6.07, 6.45) is 2.85. The number of likely N-dealkylation sites (tertiary alicyclic amines) is 1. The monoisotopic (exact) mass is 410 g/mol.